The molecule has 1 atom stereocenters. The molecular weight excluding hydrogens is 416 g/mol. The summed E-state index contributed by atoms with van der Waals surface area (Å²) in [6.45, 7) is 4.29. The molecule has 1 unspecified atom stereocenters. The Hall–Kier alpha value is -2.48. The van der Waals surface area contributed by atoms with Crippen LogP contribution < -0.4 is 5.32 Å². The van der Waals surface area contributed by atoms with Gasteiger partial charge in [0.2, 0.25) is 10.0 Å². The van der Waals surface area contributed by atoms with Crippen LogP contribution in [-0.2, 0) is 10.0 Å². The van der Waals surface area contributed by atoms with Gasteiger partial charge < -0.3 is 5.32 Å². The standard InChI is InChI=1S/C23H26N2O3S2/c1-16(2)17-7-9-18(10-8-17)22(21-6-5-15-29-21)24-23(26)19-11-13-20(14-12-19)30(27,28)25(3)4/h5-16,22H,1-4H3,(H,24,26). The Balaban J connectivity index is 1.85. The Morgan fingerprint density at radius 1 is 0.933 bits per heavy atom. The average Bonchev–Trinajstić information content (AvgIpc) is 3.26. The molecule has 0 aliphatic rings. The van der Waals surface area contributed by atoms with Crippen LogP contribution in [0.15, 0.2) is 70.9 Å². The van der Waals surface area contributed by atoms with E-state index in [1.807, 2.05) is 29.6 Å². The van der Waals surface area contributed by atoms with Crippen molar-refractivity contribution in [3.8, 4) is 0 Å². The maximum absolute atomic E-state index is 12.9. The number of benzene rings is 2. The highest BCUT2D eigenvalue weighted by atomic mass is 32.2. The Morgan fingerprint density at radius 2 is 1.53 bits per heavy atom. The van der Waals surface area contributed by atoms with E-state index in [0.717, 1.165) is 14.7 Å². The third-order valence-electron chi connectivity index (χ3n) is 4.93. The van der Waals surface area contributed by atoms with Gasteiger partial charge in [0, 0.05) is 24.5 Å². The smallest absolute Gasteiger partial charge is 0.252 e. The zero-order valence-electron chi connectivity index (χ0n) is 17.5. The van der Waals surface area contributed by atoms with Gasteiger partial charge in [-0.3, -0.25) is 4.79 Å². The second-order valence-corrected chi connectivity index (χ2v) is 10.7. The summed E-state index contributed by atoms with van der Waals surface area (Å²) < 4.78 is 25.6. The lowest BCUT2D eigenvalue weighted by atomic mass is 9.98. The predicted octanol–water partition coefficient (Wildman–Crippen LogP) is 4.64. The van der Waals surface area contributed by atoms with Gasteiger partial charge in [-0.25, -0.2) is 12.7 Å². The highest BCUT2D eigenvalue weighted by Crippen LogP contribution is 2.28. The lowest BCUT2D eigenvalue weighted by Gasteiger charge is -2.19. The molecule has 0 saturated heterocycles. The van der Waals surface area contributed by atoms with Gasteiger partial charge in [0.15, 0.2) is 0 Å². The quantitative estimate of drug-likeness (QED) is 0.580. The topological polar surface area (TPSA) is 66.5 Å². The van der Waals surface area contributed by atoms with Crippen molar-refractivity contribution < 1.29 is 13.2 Å². The van der Waals surface area contributed by atoms with Crippen LogP contribution in [0, 0.1) is 0 Å². The van der Waals surface area contributed by atoms with E-state index in [-0.39, 0.29) is 16.8 Å². The lowest BCUT2D eigenvalue weighted by Crippen LogP contribution is -2.29. The van der Waals surface area contributed by atoms with E-state index in [0.29, 0.717) is 11.5 Å². The fraction of sp³-hybridized carbons (Fsp3) is 0.261. The molecule has 1 N–H and O–H groups in total. The highest BCUT2D eigenvalue weighted by Gasteiger charge is 2.21. The van der Waals surface area contributed by atoms with Gasteiger partial charge in [0.05, 0.1) is 10.9 Å². The van der Waals surface area contributed by atoms with E-state index in [9.17, 15) is 13.2 Å². The molecule has 0 radical (unpaired) electrons. The summed E-state index contributed by atoms with van der Waals surface area (Å²) in [6, 6.07) is 18.0. The molecule has 3 rings (SSSR count). The monoisotopic (exact) mass is 442 g/mol. The largest absolute Gasteiger partial charge is 0.340 e. The number of sulfonamides is 1. The third-order valence-corrected chi connectivity index (χ3v) is 7.70. The molecule has 0 spiro atoms. The van der Waals surface area contributed by atoms with E-state index in [2.05, 4.69) is 31.3 Å². The molecule has 1 amide bonds. The van der Waals surface area contributed by atoms with Crippen molar-refractivity contribution in [3.05, 3.63) is 87.6 Å². The molecule has 0 aliphatic heterocycles. The Bertz CT molecular complexity index is 1090. The number of amides is 1. The number of thiophene rings is 1. The van der Waals surface area contributed by atoms with Crippen LogP contribution in [0.25, 0.3) is 0 Å². The fourth-order valence-electron chi connectivity index (χ4n) is 3.05. The molecule has 1 heterocycles. The van der Waals surface area contributed by atoms with E-state index in [1.165, 1.54) is 31.8 Å². The highest BCUT2D eigenvalue weighted by molar-refractivity contribution is 7.89. The van der Waals surface area contributed by atoms with Gasteiger partial charge in [-0.05, 0) is 52.8 Å². The minimum absolute atomic E-state index is 0.156. The molecule has 158 valence electrons. The van der Waals surface area contributed by atoms with Crippen molar-refractivity contribution in [1.29, 1.82) is 0 Å². The maximum Gasteiger partial charge on any atom is 0.252 e. The van der Waals surface area contributed by atoms with E-state index >= 15 is 0 Å². The first-order chi connectivity index (χ1) is 14.2. The first-order valence-electron chi connectivity index (χ1n) is 9.67. The molecule has 1 aromatic heterocycles. The fourth-order valence-corrected chi connectivity index (χ4v) is 4.76. The number of hydrogen-bond acceptors (Lipinski definition) is 4. The average molecular weight is 443 g/mol. The number of rotatable bonds is 7. The van der Waals surface area contributed by atoms with Gasteiger partial charge in [-0.15, -0.1) is 11.3 Å². The molecule has 30 heavy (non-hydrogen) atoms. The van der Waals surface area contributed by atoms with Gasteiger partial charge in [0.25, 0.3) is 5.91 Å². The summed E-state index contributed by atoms with van der Waals surface area (Å²) >= 11 is 1.58. The van der Waals surface area contributed by atoms with Crippen molar-refractivity contribution in [2.24, 2.45) is 0 Å². The van der Waals surface area contributed by atoms with Gasteiger partial charge >= 0.3 is 0 Å². The van der Waals surface area contributed by atoms with Crippen LogP contribution in [0.5, 0.6) is 0 Å². The maximum atomic E-state index is 12.9. The Kier molecular flexibility index (Phi) is 6.75. The molecule has 0 saturated carbocycles. The number of nitrogens with zero attached hydrogens (tertiary/aromatic N) is 1. The summed E-state index contributed by atoms with van der Waals surface area (Å²) in [5.74, 6) is 0.181. The zero-order valence-corrected chi connectivity index (χ0v) is 19.1. The zero-order chi connectivity index (χ0) is 21.9. The summed E-state index contributed by atoms with van der Waals surface area (Å²) in [5.41, 5.74) is 2.66. The lowest BCUT2D eigenvalue weighted by molar-refractivity contribution is 0.0943. The summed E-state index contributed by atoms with van der Waals surface area (Å²) in [7, 11) is -0.572. The van der Waals surface area contributed by atoms with Crippen LogP contribution in [0.1, 0.15) is 52.2 Å². The summed E-state index contributed by atoms with van der Waals surface area (Å²) in [5, 5.41) is 5.08. The minimum Gasteiger partial charge on any atom is -0.340 e. The van der Waals surface area contributed by atoms with Crippen LogP contribution >= 0.6 is 11.3 Å². The van der Waals surface area contributed by atoms with E-state index in [1.54, 1.807) is 23.5 Å². The van der Waals surface area contributed by atoms with Gasteiger partial charge in [-0.2, -0.15) is 0 Å². The third kappa shape index (κ3) is 4.80. The molecule has 0 fully saturated rings. The van der Waals surface area contributed by atoms with E-state index < -0.39 is 10.0 Å². The van der Waals surface area contributed by atoms with Crippen LogP contribution in [0.3, 0.4) is 0 Å². The van der Waals surface area contributed by atoms with Crippen molar-refractivity contribution >= 4 is 27.3 Å². The summed E-state index contributed by atoms with van der Waals surface area (Å²) in [4.78, 5) is 14.1. The number of carbonyl (C=O) groups excluding carboxylic acids is 1. The molecule has 7 heteroatoms. The van der Waals surface area contributed by atoms with Crippen LogP contribution in [0.4, 0.5) is 0 Å². The number of nitrogens with one attached hydrogen (secondary N) is 1. The number of hydrogen-bond donors (Lipinski definition) is 1. The van der Waals surface area contributed by atoms with Crippen molar-refractivity contribution in [2.45, 2.75) is 30.7 Å². The Labute approximate surface area is 182 Å². The second-order valence-electron chi connectivity index (χ2n) is 7.56. The van der Waals surface area contributed by atoms with Crippen LogP contribution in [0.2, 0.25) is 0 Å². The van der Waals surface area contributed by atoms with E-state index in [4.69, 9.17) is 0 Å². The van der Waals surface area contributed by atoms with Gasteiger partial charge in [-0.1, -0.05) is 44.2 Å². The SMILES string of the molecule is CC(C)c1ccc(C(NC(=O)c2ccc(S(=O)(=O)N(C)C)cc2)c2cccs2)cc1. The molecule has 5 nitrogen and oxygen atoms in total. The minimum atomic E-state index is -3.53. The molecule has 3 aromatic rings. The predicted molar refractivity (Wildman–Crippen MR) is 121 cm³/mol. The molecule has 2 aromatic carbocycles. The first kappa shape index (κ1) is 22.2. The Morgan fingerprint density at radius 3 is 2.03 bits per heavy atom. The second kappa shape index (κ2) is 9.12. The molecule has 0 bridgehead atoms. The van der Waals surface area contributed by atoms with Crippen molar-refractivity contribution in [3.63, 3.8) is 0 Å². The van der Waals surface area contributed by atoms with Gasteiger partial charge in [0.1, 0.15) is 0 Å². The molecule has 0 aliphatic carbocycles. The normalized spacial score (nSPS) is 12.9. The first-order valence-corrected chi connectivity index (χ1v) is 12.0. The van der Waals surface area contributed by atoms with Crippen molar-refractivity contribution in [2.75, 3.05) is 14.1 Å². The molecular formula is C23H26N2O3S2. The summed E-state index contributed by atoms with van der Waals surface area (Å²) in [6.07, 6.45) is 0. The van der Waals surface area contributed by atoms with Crippen LogP contribution in [-0.4, -0.2) is 32.7 Å². The van der Waals surface area contributed by atoms with Crippen molar-refractivity contribution in [1.82, 2.24) is 9.62 Å². The number of carbonyl (C=O) groups is 1.